The Hall–Kier alpha value is -1.07. The molecule has 0 amide bonds. The van der Waals surface area contributed by atoms with Crippen LogP contribution in [0.4, 0.5) is 0 Å². The fourth-order valence-electron chi connectivity index (χ4n) is 3.85. The van der Waals surface area contributed by atoms with E-state index in [2.05, 4.69) is 32.4 Å². The number of aromatic nitrogens is 3. The number of hydrogen-bond acceptors (Lipinski definition) is 7. The molecule has 0 spiro atoms. The average Bonchev–Trinajstić information content (AvgIpc) is 3.33. The summed E-state index contributed by atoms with van der Waals surface area (Å²) in [5, 5.41) is 6.81. The molecule has 4 rings (SSSR count). The van der Waals surface area contributed by atoms with Crippen LogP contribution in [0.15, 0.2) is 17.5 Å². The summed E-state index contributed by atoms with van der Waals surface area (Å²) in [5.41, 5.74) is 0. The predicted molar refractivity (Wildman–Crippen MR) is 109 cm³/mol. The van der Waals surface area contributed by atoms with Crippen molar-refractivity contribution in [2.75, 3.05) is 37.7 Å². The number of rotatable bonds is 5. The van der Waals surface area contributed by atoms with E-state index in [1.165, 1.54) is 4.88 Å². The van der Waals surface area contributed by atoms with Gasteiger partial charge in [0.1, 0.15) is 5.82 Å². The van der Waals surface area contributed by atoms with Crippen molar-refractivity contribution in [1.29, 1.82) is 0 Å². The summed E-state index contributed by atoms with van der Waals surface area (Å²) >= 11 is 7.36. The van der Waals surface area contributed by atoms with E-state index < -0.39 is 9.84 Å². The van der Waals surface area contributed by atoms with Gasteiger partial charge in [0.2, 0.25) is 0 Å². The molecule has 2 aliphatic heterocycles. The summed E-state index contributed by atoms with van der Waals surface area (Å²) in [6, 6.07) is 4.29. The zero-order chi connectivity index (χ0) is 19.0. The predicted octanol–water partition coefficient (Wildman–Crippen LogP) is 1.69. The van der Waals surface area contributed by atoms with Gasteiger partial charge in [-0.3, -0.25) is 9.80 Å². The lowest BCUT2D eigenvalue weighted by molar-refractivity contribution is 0.0985. The first-order valence-corrected chi connectivity index (χ1v) is 12.3. The Morgan fingerprint density at radius 3 is 2.63 bits per heavy atom. The molecule has 4 heterocycles. The van der Waals surface area contributed by atoms with Crippen LogP contribution in [0.5, 0.6) is 0 Å². The number of sulfone groups is 1. The topological polar surface area (TPSA) is 63.4 Å². The molecule has 0 N–H and O–H groups in total. The second-order valence-electron chi connectivity index (χ2n) is 7.41. The molecule has 1 unspecified atom stereocenters. The van der Waals surface area contributed by atoms with Gasteiger partial charge in [-0.2, -0.15) is 5.10 Å². The molecule has 10 heteroatoms. The second kappa shape index (κ2) is 7.75. The highest BCUT2D eigenvalue weighted by Crippen LogP contribution is 2.27. The van der Waals surface area contributed by atoms with Crippen molar-refractivity contribution in [3.63, 3.8) is 0 Å². The summed E-state index contributed by atoms with van der Waals surface area (Å²) in [6.45, 7) is 5.72. The summed E-state index contributed by atoms with van der Waals surface area (Å²) in [5.74, 6) is 1.21. The van der Waals surface area contributed by atoms with E-state index in [1.54, 1.807) is 0 Å². The van der Waals surface area contributed by atoms with Gasteiger partial charge in [-0.05, 0) is 30.1 Å². The number of nitrogens with zero attached hydrogens (tertiary/aromatic N) is 5. The molecule has 0 aromatic carbocycles. The van der Waals surface area contributed by atoms with Crippen LogP contribution in [-0.2, 0) is 30.1 Å². The molecule has 27 heavy (non-hydrogen) atoms. The van der Waals surface area contributed by atoms with Crippen LogP contribution < -0.4 is 0 Å². The molecule has 2 aromatic heterocycles. The lowest BCUT2D eigenvalue weighted by atomic mass is 10.1. The molecule has 7 nitrogen and oxygen atoms in total. The van der Waals surface area contributed by atoms with Gasteiger partial charge >= 0.3 is 0 Å². The summed E-state index contributed by atoms with van der Waals surface area (Å²) < 4.78 is 28.0. The van der Waals surface area contributed by atoms with Gasteiger partial charge < -0.3 is 4.57 Å². The Morgan fingerprint density at radius 2 is 2.00 bits per heavy atom. The van der Waals surface area contributed by atoms with Crippen LogP contribution in [-0.4, -0.2) is 70.2 Å². The molecule has 2 fully saturated rings. The largest absolute Gasteiger partial charge is 0.307 e. The third-order valence-electron chi connectivity index (χ3n) is 5.43. The maximum Gasteiger partial charge on any atom is 0.198 e. The summed E-state index contributed by atoms with van der Waals surface area (Å²) in [4.78, 5) is 6.25. The SMILES string of the molecule is Cn1c(C2CCS(=O)(=O)C2)nn(CN2CCN(Cc3cccs3)CC2)c1=S. The van der Waals surface area contributed by atoms with Gasteiger partial charge in [0.15, 0.2) is 14.6 Å². The minimum absolute atomic E-state index is 0.0365. The smallest absolute Gasteiger partial charge is 0.198 e. The fraction of sp³-hybridized carbons (Fsp3) is 0.647. The molecule has 0 saturated carbocycles. The first-order chi connectivity index (χ1) is 12.9. The Bertz CT molecular complexity index is 940. The van der Waals surface area contributed by atoms with E-state index in [9.17, 15) is 8.42 Å². The first-order valence-electron chi connectivity index (χ1n) is 9.22. The van der Waals surface area contributed by atoms with E-state index in [4.69, 9.17) is 12.2 Å². The van der Waals surface area contributed by atoms with Gasteiger partial charge in [0, 0.05) is 50.6 Å². The number of piperazine rings is 1. The first kappa shape index (κ1) is 19.3. The maximum absolute atomic E-state index is 11.8. The monoisotopic (exact) mass is 427 g/mol. The van der Waals surface area contributed by atoms with Crippen molar-refractivity contribution in [2.24, 2.45) is 7.05 Å². The Balaban J connectivity index is 1.38. The third-order valence-corrected chi connectivity index (χ3v) is 8.54. The van der Waals surface area contributed by atoms with Crippen molar-refractivity contribution in [3.05, 3.63) is 33.0 Å². The van der Waals surface area contributed by atoms with Gasteiger partial charge in [0.25, 0.3) is 0 Å². The minimum atomic E-state index is -2.93. The molecule has 0 aliphatic carbocycles. The number of hydrogen-bond donors (Lipinski definition) is 0. The Morgan fingerprint density at radius 1 is 1.26 bits per heavy atom. The molecule has 2 aliphatic rings. The summed E-state index contributed by atoms with van der Waals surface area (Å²) in [7, 11) is -1.04. The fourth-order valence-corrected chi connectivity index (χ4v) is 6.53. The normalized spacial score (nSPS) is 23.8. The van der Waals surface area contributed by atoms with E-state index >= 15 is 0 Å². The van der Waals surface area contributed by atoms with Gasteiger partial charge in [-0.1, -0.05) is 6.07 Å². The minimum Gasteiger partial charge on any atom is -0.307 e. The van der Waals surface area contributed by atoms with Crippen molar-refractivity contribution in [2.45, 2.75) is 25.6 Å². The summed E-state index contributed by atoms with van der Waals surface area (Å²) in [6.07, 6.45) is 0.642. The highest BCUT2D eigenvalue weighted by molar-refractivity contribution is 7.91. The van der Waals surface area contributed by atoms with Crippen LogP contribution in [0.1, 0.15) is 23.0 Å². The lowest BCUT2D eigenvalue weighted by Gasteiger charge is -2.34. The van der Waals surface area contributed by atoms with Crippen LogP contribution in [0.2, 0.25) is 0 Å². The Labute approximate surface area is 169 Å². The number of thiophene rings is 1. The van der Waals surface area contributed by atoms with Gasteiger partial charge in [-0.15, -0.1) is 11.3 Å². The van der Waals surface area contributed by atoms with Crippen LogP contribution in [0.25, 0.3) is 0 Å². The van der Waals surface area contributed by atoms with Gasteiger partial charge in [0.05, 0.1) is 18.2 Å². The van der Waals surface area contributed by atoms with E-state index in [0.717, 1.165) is 38.5 Å². The molecule has 0 radical (unpaired) electrons. The quantitative estimate of drug-likeness (QED) is 0.677. The van der Waals surface area contributed by atoms with Crippen LogP contribution >= 0.6 is 23.6 Å². The highest BCUT2D eigenvalue weighted by Gasteiger charge is 2.32. The average molecular weight is 428 g/mol. The van der Waals surface area contributed by atoms with Crippen molar-refractivity contribution < 1.29 is 8.42 Å². The molecule has 1 atom stereocenters. The van der Waals surface area contributed by atoms with E-state index in [-0.39, 0.29) is 17.4 Å². The zero-order valence-corrected chi connectivity index (χ0v) is 17.9. The van der Waals surface area contributed by atoms with Crippen molar-refractivity contribution >= 4 is 33.4 Å². The van der Waals surface area contributed by atoms with Crippen molar-refractivity contribution in [3.8, 4) is 0 Å². The lowest BCUT2D eigenvalue weighted by Crippen LogP contribution is -2.46. The second-order valence-corrected chi connectivity index (χ2v) is 11.0. The molecule has 2 saturated heterocycles. The standard InChI is InChI=1S/C17H25N5O2S3/c1-19-16(14-4-10-27(23,24)12-14)18-22(17(19)25)13-21-7-5-20(6-8-21)11-15-3-2-9-26-15/h2-3,9,14H,4-8,10-13H2,1H3. The molecular weight excluding hydrogens is 402 g/mol. The van der Waals surface area contributed by atoms with Crippen LogP contribution in [0, 0.1) is 4.77 Å². The van der Waals surface area contributed by atoms with E-state index in [1.807, 2.05) is 27.6 Å². The molecule has 0 bridgehead atoms. The van der Waals surface area contributed by atoms with Crippen LogP contribution in [0.3, 0.4) is 0 Å². The molecule has 2 aromatic rings. The highest BCUT2D eigenvalue weighted by atomic mass is 32.2. The molecule has 148 valence electrons. The third kappa shape index (κ3) is 4.34. The Kier molecular flexibility index (Phi) is 5.52. The maximum atomic E-state index is 11.8. The van der Waals surface area contributed by atoms with Crippen molar-refractivity contribution in [1.82, 2.24) is 24.1 Å². The molecular formula is C17H25N5O2S3. The zero-order valence-electron chi connectivity index (χ0n) is 15.5. The van der Waals surface area contributed by atoms with Gasteiger partial charge in [-0.25, -0.2) is 13.1 Å². The van der Waals surface area contributed by atoms with E-state index in [0.29, 0.717) is 17.9 Å².